The van der Waals surface area contributed by atoms with Gasteiger partial charge in [-0.1, -0.05) is 0 Å². The van der Waals surface area contributed by atoms with Gasteiger partial charge in [-0.25, -0.2) is 4.98 Å². The summed E-state index contributed by atoms with van der Waals surface area (Å²) in [6.07, 6.45) is 1.88. The van der Waals surface area contributed by atoms with Crippen molar-refractivity contribution >= 4 is 34.6 Å². The minimum Gasteiger partial charge on any atom is -0.481 e. The van der Waals surface area contributed by atoms with Crippen LogP contribution in [0.4, 0.5) is 0 Å². The van der Waals surface area contributed by atoms with E-state index in [0.29, 0.717) is 5.69 Å². The van der Waals surface area contributed by atoms with Crippen LogP contribution in [0.3, 0.4) is 0 Å². The fraction of sp³-hybridized carbons (Fsp3) is 0.357. The number of nitrogens with zero attached hydrogens (tertiary/aromatic N) is 2. The second-order valence-corrected chi connectivity index (χ2v) is 6.56. The summed E-state index contributed by atoms with van der Waals surface area (Å²) in [5.41, 5.74) is 1.44. The third-order valence-corrected chi connectivity index (χ3v) is 4.88. The Morgan fingerprint density at radius 3 is 2.81 bits per heavy atom. The highest BCUT2D eigenvalue weighted by Crippen LogP contribution is 2.30. The molecule has 21 heavy (non-hydrogen) atoms. The number of carbonyl (C=O) groups excluding carboxylic acids is 1. The zero-order valence-corrected chi connectivity index (χ0v) is 12.8. The molecule has 0 radical (unpaired) electrons. The van der Waals surface area contributed by atoms with Gasteiger partial charge in [0.15, 0.2) is 0 Å². The number of thiazole rings is 1. The molecule has 2 aromatic rings. The van der Waals surface area contributed by atoms with Crippen molar-refractivity contribution in [2.24, 2.45) is 0 Å². The first-order valence-electron chi connectivity index (χ1n) is 6.66. The fourth-order valence-corrected chi connectivity index (χ4v) is 3.60. The lowest BCUT2D eigenvalue weighted by Gasteiger charge is -2.20. The Hall–Kier alpha value is -1.73. The highest BCUT2D eigenvalue weighted by atomic mass is 32.1. The predicted molar refractivity (Wildman–Crippen MR) is 81.7 cm³/mol. The van der Waals surface area contributed by atoms with Gasteiger partial charge in [0, 0.05) is 28.9 Å². The molecule has 2 aromatic heterocycles. The van der Waals surface area contributed by atoms with Gasteiger partial charge in [0.2, 0.25) is 0 Å². The molecule has 3 rings (SSSR count). The van der Waals surface area contributed by atoms with Crippen molar-refractivity contribution in [1.82, 2.24) is 9.88 Å². The molecule has 0 spiro atoms. The van der Waals surface area contributed by atoms with Crippen LogP contribution in [0.2, 0.25) is 0 Å². The van der Waals surface area contributed by atoms with Crippen molar-refractivity contribution in [3.63, 3.8) is 0 Å². The smallest absolute Gasteiger partial charge is 0.305 e. The molecule has 0 aliphatic heterocycles. The first kappa shape index (κ1) is 14.2. The third-order valence-electron chi connectivity index (χ3n) is 3.31. The van der Waals surface area contributed by atoms with E-state index in [1.165, 1.54) is 11.3 Å². The van der Waals surface area contributed by atoms with Crippen molar-refractivity contribution in [3.05, 3.63) is 27.9 Å². The number of carbonyl (C=O) groups is 2. The molecule has 1 saturated carbocycles. The molecular formula is C14H14N2O3S2. The van der Waals surface area contributed by atoms with E-state index < -0.39 is 5.97 Å². The first-order valence-corrected chi connectivity index (χ1v) is 8.48. The molecule has 1 amide bonds. The van der Waals surface area contributed by atoms with Crippen molar-refractivity contribution in [3.8, 4) is 10.6 Å². The van der Waals surface area contributed by atoms with Crippen LogP contribution in [0.1, 0.15) is 29.8 Å². The van der Waals surface area contributed by atoms with Gasteiger partial charge in [0.05, 0.1) is 6.42 Å². The molecule has 5 nitrogen and oxygen atoms in total. The Morgan fingerprint density at radius 2 is 2.19 bits per heavy atom. The van der Waals surface area contributed by atoms with Gasteiger partial charge in [-0.2, -0.15) is 11.3 Å². The largest absolute Gasteiger partial charge is 0.481 e. The first-order chi connectivity index (χ1) is 10.1. The number of amides is 1. The number of thiophene rings is 1. The van der Waals surface area contributed by atoms with E-state index in [4.69, 9.17) is 5.11 Å². The fourth-order valence-electron chi connectivity index (χ4n) is 2.09. The lowest BCUT2D eigenvalue weighted by molar-refractivity contribution is -0.137. The second-order valence-electron chi connectivity index (χ2n) is 4.92. The van der Waals surface area contributed by atoms with Gasteiger partial charge in [-0.05, 0) is 24.3 Å². The van der Waals surface area contributed by atoms with Gasteiger partial charge in [-0.15, -0.1) is 11.3 Å². The van der Waals surface area contributed by atoms with Crippen LogP contribution in [-0.4, -0.2) is 39.5 Å². The molecule has 0 unspecified atom stereocenters. The van der Waals surface area contributed by atoms with Gasteiger partial charge < -0.3 is 10.0 Å². The van der Waals surface area contributed by atoms with E-state index in [1.54, 1.807) is 21.6 Å². The molecule has 1 fully saturated rings. The van der Waals surface area contributed by atoms with E-state index >= 15 is 0 Å². The number of hydrogen-bond donors (Lipinski definition) is 1. The molecule has 0 aromatic carbocycles. The minimum atomic E-state index is -0.884. The molecule has 1 aliphatic rings. The Balaban J connectivity index is 1.75. The van der Waals surface area contributed by atoms with Crippen molar-refractivity contribution in [2.45, 2.75) is 25.3 Å². The maximum atomic E-state index is 12.5. The van der Waals surface area contributed by atoms with Crippen LogP contribution in [0.5, 0.6) is 0 Å². The van der Waals surface area contributed by atoms with Gasteiger partial charge in [-0.3, -0.25) is 9.59 Å². The molecule has 0 saturated heterocycles. The Kier molecular flexibility index (Phi) is 4.03. The lowest BCUT2D eigenvalue weighted by Crippen LogP contribution is -2.35. The van der Waals surface area contributed by atoms with E-state index in [1.807, 2.05) is 16.8 Å². The van der Waals surface area contributed by atoms with Crippen LogP contribution < -0.4 is 0 Å². The van der Waals surface area contributed by atoms with Crippen molar-refractivity contribution in [1.29, 1.82) is 0 Å². The second kappa shape index (κ2) is 5.95. The highest BCUT2D eigenvalue weighted by Gasteiger charge is 2.34. The number of carboxylic acid groups (broad SMARTS) is 1. The molecular weight excluding hydrogens is 308 g/mol. The van der Waals surface area contributed by atoms with E-state index in [0.717, 1.165) is 23.4 Å². The Morgan fingerprint density at radius 1 is 1.38 bits per heavy atom. The predicted octanol–water partition coefficient (Wildman–Crippen LogP) is 2.95. The maximum absolute atomic E-state index is 12.5. The SMILES string of the molecule is O=C(O)CCN(C(=O)c1csc(-c2ccsc2)n1)C1CC1. The number of aromatic nitrogens is 1. The van der Waals surface area contributed by atoms with E-state index in [9.17, 15) is 9.59 Å². The number of rotatable bonds is 6. The van der Waals surface area contributed by atoms with Crippen LogP contribution in [0, 0.1) is 0 Å². The van der Waals surface area contributed by atoms with E-state index in [-0.39, 0.29) is 24.9 Å². The number of hydrogen-bond acceptors (Lipinski definition) is 5. The average molecular weight is 322 g/mol. The monoisotopic (exact) mass is 322 g/mol. The summed E-state index contributed by atoms with van der Waals surface area (Å²) in [5.74, 6) is -1.04. The summed E-state index contributed by atoms with van der Waals surface area (Å²) in [5, 5.41) is 15.3. The average Bonchev–Trinajstić information content (AvgIpc) is 2.96. The van der Waals surface area contributed by atoms with Crippen LogP contribution in [0.25, 0.3) is 10.6 Å². The maximum Gasteiger partial charge on any atom is 0.305 e. The molecule has 1 N–H and O–H groups in total. The molecule has 0 atom stereocenters. The van der Waals surface area contributed by atoms with Gasteiger partial charge in [0.25, 0.3) is 5.91 Å². The summed E-state index contributed by atoms with van der Waals surface area (Å²) in [6.45, 7) is 0.254. The summed E-state index contributed by atoms with van der Waals surface area (Å²) < 4.78 is 0. The molecule has 7 heteroatoms. The standard InChI is InChI=1S/C14H14N2O3S2/c17-12(18)3-5-16(10-1-2-10)14(19)11-8-21-13(15-11)9-4-6-20-7-9/h4,6-8,10H,1-3,5H2,(H,17,18). The van der Waals surface area contributed by atoms with Gasteiger partial charge in [0.1, 0.15) is 10.7 Å². The number of carboxylic acids is 1. The van der Waals surface area contributed by atoms with Crippen molar-refractivity contribution < 1.29 is 14.7 Å². The summed E-state index contributed by atoms with van der Waals surface area (Å²) in [4.78, 5) is 29.3. The topological polar surface area (TPSA) is 70.5 Å². The number of aliphatic carboxylic acids is 1. The zero-order chi connectivity index (χ0) is 14.8. The third kappa shape index (κ3) is 3.30. The molecule has 110 valence electrons. The Labute approximate surface area is 129 Å². The molecule has 2 heterocycles. The zero-order valence-electron chi connectivity index (χ0n) is 11.2. The summed E-state index contributed by atoms with van der Waals surface area (Å²) >= 11 is 3.03. The highest BCUT2D eigenvalue weighted by molar-refractivity contribution is 7.14. The quantitative estimate of drug-likeness (QED) is 0.887. The summed E-state index contributed by atoms with van der Waals surface area (Å²) in [6, 6.07) is 2.16. The summed E-state index contributed by atoms with van der Waals surface area (Å²) in [7, 11) is 0. The molecule has 1 aliphatic carbocycles. The lowest BCUT2D eigenvalue weighted by atomic mass is 10.3. The van der Waals surface area contributed by atoms with Gasteiger partial charge >= 0.3 is 5.97 Å². The van der Waals surface area contributed by atoms with Crippen molar-refractivity contribution in [2.75, 3.05) is 6.54 Å². The van der Waals surface area contributed by atoms with Crippen LogP contribution >= 0.6 is 22.7 Å². The normalized spacial score (nSPS) is 14.1. The van der Waals surface area contributed by atoms with Crippen LogP contribution in [-0.2, 0) is 4.79 Å². The van der Waals surface area contributed by atoms with Crippen LogP contribution in [0.15, 0.2) is 22.2 Å². The van der Waals surface area contributed by atoms with E-state index in [2.05, 4.69) is 4.98 Å². The minimum absolute atomic E-state index is 0.0240. The molecule has 0 bridgehead atoms. The Bertz CT molecular complexity index is 647.